The van der Waals surface area contributed by atoms with E-state index < -0.39 is 15.9 Å². The Morgan fingerprint density at radius 3 is 2.44 bits per heavy atom. The third-order valence-electron chi connectivity index (χ3n) is 4.26. The van der Waals surface area contributed by atoms with Gasteiger partial charge in [0.25, 0.3) is 0 Å². The molecular formula is C20H19ClN2O3S. The van der Waals surface area contributed by atoms with Crippen molar-refractivity contribution in [2.24, 2.45) is 0 Å². The lowest BCUT2D eigenvalue weighted by atomic mass is 10.1. The zero-order valence-corrected chi connectivity index (χ0v) is 16.5. The van der Waals surface area contributed by atoms with Gasteiger partial charge in [0.05, 0.1) is 11.4 Å². The molecule has 0 fully saturated rings. The van der Waals surface area contributed by atoms with Gasteiger partial charge in [0.15, 0.2) is 0 Å². The molecule has 1 amide bonds. The number of aryl methyl sites for hydroxylation is 1. The molecule has 0 aliphatic rings. The van der Waals surface area contributed by atoms with E-state index in [1.165, 1.54) is 7.05 Å². The van der Waals surface area contributed by atoms with Crippen molar-refractivity contribution in [1.82, 2.24) is 4.31 Å². The number of fused-ring (bicyclic) bond motifs is 1. The number of hydrogen-bond donors (Lipinski definition) is 1. The summed E-state index contributed by atoms with van der Waals surface area (Å²) < 4.78 is 26.6. The standard InChI is InChI=1S/C20H19ClN2O3S/c1-14-11-17(21)8-10-19(14)22-20(24)13-23(2)27(25,26)18-9-7-15-5-3-4-6-16(15)12-18/h3-12H,13H2,1-2H3,(H,22,24). The number of likely N-dealkylation sites (N-methyl/N-ethyl adjacent to an activating group) is 1. The molecule has 0 unspecified atom stereocenters. The molecule has 0 spiro atoms. The van der Waals surface area contributed by atoms with Crippen molar-refractivity contribution >= 4 is 44.0 Å². The molecule has 7 heteroatoms. The summed E-state index contributed by atoms with van der Waals surface area (Å²) in [5, 5.41) is 5.07. The van der Waals surface area contributed by atoms with E-state index in [1.54, 1.807) is 36.4 Å². The highest BCUT2D eigenvalue weighted by Gasteiger charge is 2.23. The van der Waals surface area contributed by atoms with E-state index in [4.69, 9.17) is 11.6 Å². The van der Waals surface area contributed by atoms with Gasteiger partial charge in [0.2, 0.25) is 15.9 Å². The Morgan fingerprint density at radius 1 is 1.04 bits per heavy atom. The second kappa shape index (κ2) is 7.68. The Morgan fingerprint density at radius 2 is 1.74 bits per heavy atom. The Balaban J connectivity index is 1.76. The Kier molecular flexibility index (Phi) is 5.51. The van der Waals surface area contributed by atoms with Gasteiger partial charge in [-0.05, 0) is 53.6 Å². The maximum absolute atomic E-state index is 12.8. The molecule has 0 saturated carbocycles. The van der Waals surface area contributed by atoms with Crippen LogP contribution in [0.4, 0.5) is 5.69 Å². The summed E-state index contributed by atoms with van der Waals surface area (Å²) in [5.41, 5.74) is 1.40. The smallest absolute Gasteiger partial charge is 0.243 e. The number of carbonyl (C=O) groups excluding carboxylic acids is 1. The quantitative estimate of drug-likeness (QED) is 0.699. The average Bonchev–Trinajstić information content (AvgIpc) is 2.63. The molecule has 0 saturated heterocycles. The molecule has 0 aromatic heterocycles. The van der Waals surface area contributed by atoms with E-state index in [9.17, 15) is 13.2 Å². The lowest BCUT2D eigenvalue weighted by Gasteiger charge is -2.18. The van der Waals surface area contributed by atoms with Crippen molar-refractivity contribution in [3.63, 3.8) is 0 Å². The molecule has 3 aromatic rings. The van der Waals surface area contributed by atoms with Crippen LogP contribution in [0, 0.1) is 6.92 Å². The van der Waals surface area contributed by atoms with Crippen LogP contribution in [0.1, 0.15) is 5.56 Å². The van der Waals surface area contributed by atoms with Crippen molar-refractivity contribution in [3.05, 3.63) is 71.2 Å². The number of anilines is 1. The molecule has 3 aromatic carbocycles. The zero-order valence-electron chi connectivity index (χ0n) is 14.9. The molecule has 0 aliphatic carbocycles. The van der Waals surface area contributed by atoms with E-state index in [2.05, 4.69) is 5.32 Å². The average molecular weight is 403 g/mol. The number of amides is 1. The molecule has 0 aliphatic heterocycles. The van der Waals surface area contributed by atoms with Crippen molar-refractivity contribution in [1.29, 1.82) is 0 Å². The highest BCUT2D eigenvalue weighted by Crippen LogP contribution is 2.22. The molecule has 0 atom stereocenters. The molecule has 5 nitrogen and oxygen atoms in total. The van der Waals surface area contributed by atoms with Gasteiger partial charge in [0, 0.05) is 17.8 Å². The first-order chi connectivity index (χ1) is 12.8. The fourth-order valence-corrected chi connectivity index (χ4v) is 4.14. The van der Waals surface area contributed by atoms with Gasteiger partial charge >= 0.3 is 0 Å². The Labute approximate surface area is 163 Å². The number of benzene rings is 3. The molecule has 140 valence electrons. The normalized spacial score (nSPS) is 11.7. The van der Waals surface area contributed by atoms with Crippen LogP contribution in [0.3, 0.4) is 0 Å². The van der Waals surface area contributed by atoms with Crippen LogP contribution in [-0.4, -0.2) is 32.2 Å². The third-order valence-corrected chi connectivity index (χ3v) is 6.29. The second-order valence-electron chi connectivity index (χ2n) is 6.28. The summed E-state index contributed by atoms with van der Waals surface area (Å²) in [4.78, 5) is 12.5. The van der Waals surface area contributed by atoms with Gasteiger partial charge in [-0.15, -0.1) is 0 Å². The first-order valence-corrected chi connectivity index (χ1v) is 10.1. The van der Waals surface area contributed by atoms with Crippen LogP contribution in [0.25, 0.3) is 10.8 Å². The minimum atomic E-state index is -3.78. The molecule has 27 heavy (non-hydrogen) atoms. The molecule has 1 N–H and O–H groups in total. The maximum Gasteiger partial charge on any atom is 0.243 e. The number of hydrogen-bond acceptors (Lipinski definition) is 3. The molecule has 0 heterocycles. The van der Waals surface area contributed by atoms with Crippen LogP contribution in [-0.2, 0) is 14.8 Å². The molecule has 0 radical (unpaired) electrons. The maximum atomic E-state index is 12.8. The van der Waals surface area contributed by atoms with E-state index in [1.807, 2.05) is 31.2 Å². The minimum absolute atomic E-state index is 0.152. The largest absolute Gasteiger partial charge is 0.325 e. The molecule has 0 bridgehead atoms. The first-order valence-electron chi connectivity index (χ1n) is 8.28. The predicted molar refractivity (Wildman–Crippen MR) is 109 cm³/mol. The fourth-order valence-electron chi connectivity index (χ4n) is 2.75. The van der Waals surface area contributed by atoms with E-state index in [0.717, 1.165) is 20.6 Å². The van der Waals surface area contributed by atoms with Gasteiger partial charge in [-0.25, -0.2) is 8.42 Å². The number of nitrogens with zero attached hydrogens (tertiary/aromatic N) is 1. The van der Waals surface area contributed by atoms with Crippen LogP contribution < -0.4 is 5.32 Å². The summed E-state index contributed by atoms with van der Waals surface area (Å²) in [5.74, 6) is -0.424. The monoisotopic (exact) mass is 402 g/mol. The SMILES string of the molecule is Cc1cc(Cl)ccc1NC(=O)CN(C)S(=O)(=O)c1ccc2ccccc2c1. The van der Waals surface area contributed by atoms with Crippen molar-refractivity contribution in [2.45, 2.75) is 11.8 Å². The van der Waals surface area contributed by atoms with E-state index in [0.29, 0.717) is 10.7 Å². The second-order valence-corrected chi connectivity index (χ2v) is 8.76. The predicted octanol–water partition coefficient (Wildman–Crippen LogP) is 4.06. The lowest BCUT2D eigenvalue weighted by Crippen LogP contribution is -2.35. The summed E-state index contributed by atoms with van der Waals surface area (Å²) in [6, 6.07) is 17.5. The Hall–Kier alpha value is -2.41. The van der Waals surface area contributed by atoms with Crippen LogP contribution in [0.15, 0.2) is 65.6 Å². The number of sulfonamides is 1. The fraction of sp³-hybridized carbons (Fsp3) is 0.150. The minimum Gasteiger partial charge on any atom is -0.325 e. The Bertz CT molecular complexity index is 1110. The van der Waals surface area contributed by atoms with Gasteiger partial charge in [-0.3, -0.25) is 4.79 Å². The van der Waals surface area contributed by atoms with Crippen molar-refractivity contribution in [2.75, 3.05) is 18.9 Å². The summed E-state index contributed by atoms with van der Waals surface area (Å²) in [6.07, 6.45) is 0. The summed E-state index contributed by atoms with van der Waals surface area (Å²) in [7, 11) is -2.40. The molecular weight excluding hydrogens is 384 g/mol. The third kappa shape index (κ3) is 4.30. The molecule has 3 rings (SSSR count). The summed E-state index contributed by atoms with van der Waals surface area (Å²) >= 11 is 5.91. The van der Waals surface area contributed by atoms with Crippen molar-refractivity contribution in [3.8, 4) is 0 Å². The van der Waals surface area contributed by atoms with Crippen LogP contribution in [0.5, 0.6) is 0 Å². The lowest BCUT2D eigenvalue weighted by molar-refractivity contribution is -0.116. The van der Waals surface area contributed by atoms with Gasteiger partial charge in [-0.1, -0.05) is 41.9 Å². The topological polar surface area (TPSA) is 66.5 Å². The van der Waals surface area contributed by atoms with Crippen LogP contribution in [0.2, 0.25) is 5.02 Å². The highest BCUT2D eigenvalue weighted by molar-refractivity contribution is 7.89. The van der Waals surface area contributed by atoms with Gasteiger partial charge in [0.1, 0.15) is 0 Å². The van der Waals surface area contributed by atoms with Gasteiger partial charge < -0.3 is 5.32 Å². The van der Waals surface area contributed by atoms with Crippen molar-refractivity contribution < 1.29 is 13.2 Å². The van der Waals surface area contributed by atoms with Crippen LogP contribution >= 0.6 is 11.6 Å². The number of carbonyl (C=O) groups is 1. The first kappa shape index (κ1) is 19.4. The van der Waals surface area contributed by atoms with E-state index in [-0.39, 0.29) is 11.4 Å². The zero-order chi connectivity index (χ0) is 19.6. The number of halogens is 1. The number of nitrogens with one attached hydrogen (secondary N) is 1. The number of rotatable bonds is 5. The van der Waals surface area contributed by atoms with E-state index >= 15 is 0 Å². The van der Waals surface area contributed by atoms with Gasteiger partial charge in [-0.2, -0.15) is 4.31 Å². The highest BCUT2D eigenvalue weighted by atomic mass is 35.5. The summed E-state index contributed by atoms with van der Waals surface area (Å²) in [6.45, 7) is 1.52.